The number of carbonyl (C=O) groups is 2. The molecule has 2 aromatic carbocycles. The van der Waals surface area contributed by atoms with E-state index in [1.165, 1.54) is 12.1 Å². The number of nitrogens with zero attached hydrogens (tertiary/aromatic N) is 2. The molecule has 1 amide bonds. The lowest BCUT2D eigenvalue weighted by Crippen LogP contribution is -2.40. The van der Waals surface area contributed by atoms with Gasteiger partial charge in [-0.15, -0.1) is 0 Å². The molecular formula is C26H29F4N5O3. The maximum atomic E-state index is 13.4. The Morgan fingerprint density at radius 2 is 1.66 bits per heavy atom. The van der Waals surface area contributed by atoms with E-state index in [1.54, 1.807) is 12.1 Å². The Morgan fingerprint density at radius 3 is 2.24 bits per heavy atom. The summed E-state index contributed by atoms with van der Waals surface area (Å²) in [5, 5.41) is 16.4. The van der Waals surface area contributed by atoms with Gasteiger partial charge in [-0.3, -0.25) is 4.79 Å². The zero-order chi connectivity index (χ0) is 28.3. The highest BCUT2D eigenvalue weighted by molar-refractivity contribution is 5.84. The van der Waals surface area contributed by atoms with Gasteiger partial charge >= 0.3 is 12.1 Å². The van der Waals surface area contributed by atoms with Gasteiger partial charge < -0.3 is 21.1 Å². The van der Waals surface area contributed by atoms with E-state index < -0.39 is 18.2 Å². The largest absolute Gasteiger partial charge is 0.490 e. The Balaban J connectivity index is 0.000000638. The van der Waals surface area contributed by atoms with Gasteiger partial charge in [-0.25, -0.2) is 14.2 Å². The molecule has 4 N–H and O–H groups in total. The van der Waals surface area contributed by atoms with E-state index in [-0.39, 0.29) is 18.3 Å². The number of aromatic nitrogens is 2. The van der Waals surface area contributed by atoms with Crippen LogP contribution in [0.1, 0.15) is 31.5 Å². The lowest BCUT2D eigenvalue weighted by molar-refractivity contribution is -0.192. The van der Waals surface area contributed by atoms with Crippen LogP contribution in [0.25, 0.3) is 0 Å². The molecule has 1 heterocycles. The number of amides is 1. The number of carboxylic acids is 1. The predicted octanol–water partition coefficient (Wildman–Crippen LogP) is 5.44. The molecule has 0 aliphatic carbocycles. The second kappa shape index (κ2) is 13.9. The number of carboxylic acid groups (broad SMARTS) is 1. The van der Waals surface area contributed by atoms with E-state index in [4.69, 9.17) is 9.90 Å². The fourth-order valence-corrected chi connectivity index (χ4v) is 3.19. The summed E-state index contributed by atoms with van der Waals surface area (Å²) in [6, 6.07) is 17.2. The molecule has 0 spiro atoms. The molecular weight excluding hydrogens is 506 g/mol. The number of hydrogen-bond acceptors (Lipinski definition) is 6. The molecule has 1 atom stereocenters. The molecule has 3 aromatic rings. The Bertz CT molecular complexity index is 1210. The summed E-state index contributed by atoms with van der Waals surface area (Å²) < 4.78 is 45.1. The first-order valence-corrected chi connectivity index (χ1v) is 11.6. The number of hydrogen-bond donors (Lipinski definition) is 4. The van der Waals surface area contributed by atoms with Crippen LogP contribution in [0.5, 0.6) is 0 Å². The number of para-hydroxylation sites is 1. The second-order valence-electron chi connectivity index (χ2n) is 8.69. The summed E-state index contributed by atoms with van der Waals surface area (Å²) in [6.45, 7) is 6.26. The molecule has 38 heavy (non-hydrogen) atoms. The number of rotatable bonds is 9. The van der Waals surface area contributed by atoms with Crippen molar-refractivity contribution in [2.75, 3.05) is 10.6 Å². The number of benzene rings is 2. The molecule has 0 aliphatic heterocycles. The fraction of sp³-hybridized carbons (Fsp3) is 0.308. The first-order valence-electron chi connectivity index (χ1n) is 11.6. The van der Waals surface area contributed by atoms with Gasteiger partial charge in [0.25, 0.3) is 0 Å². The normalized spacial score (nSPS) is 11.7. The van der Waals surface area contributed by atoms with Crippen LogP contribution in [0.4, 0.5) is 35.0 Å². The molecule has 0 saturated heterocycles. The van der Waals surface area contributed by atoms with E-state index in [0.717, 1.165) is 11.4 Å². The van der Waals surface area contributed by atoms with Crippen molar-refractivity contribution in [3.63, 3.8) is 0 Å². The molecule has 0 radical (unpaired) electrons. The van der Waals surface area contributed by atoms with Crippen molar-refractivity contribution in [3.05, 3.63) is 77.7 Å². The van der Waals surface area contributed by atoms with E-state index in [1.807, 2.05) is 43.3 Å². The Labute approximate surface area is 217 Å². The highest BCUT2D eigenvalue weighted by Crippen LogP contribution is 2.18. The monoisotopic (exact) mass is 535 g/mol. The molecule has 0 fully saturated rings. The van der Waals surface area contributed by atoms with Crippen molar-refractivity contribution < 1.29 is 32.3 Å². The van der Waals surface area contributed by atoms with Crippen LogP contribution in [0.15, 0.2) is 60.7 Å². The highest BCUT2D eigenvalue weighted by Gasteiger charge is 2.38. The molecule has 3 rings (SSSR count). The van der Waals surface area contributed by atoms with Gasteiger partial charge in [0.15, 0.2) is 0 Å². The Hall–Kier alpha value is -4.22. The first kappa shape index (κ1) is 30.0. The molecule has 0 saturated carbocycles. The van der Waals surface area contributed by atoms with Crippen LogP contribution in [0, 0.1) is 18.7 Å². The number of aliphatic carboxylic acids is 1. The molecule has 8 nitrogen and oxygen atoms in total. The fourth-order valence-electron chi connectivity index (χ4n) is 3.19. The van der Waals surface area contributed by atoms with Crippen molar-refractivity contribution in [2.24, 2.45) is 5.92 Å². The van der Waals surface area contributed by atoms with E-state index in [0.29, 0.717) is 29.7 Å². The zero-order valence-electron chi connectivity index (χ0n) is 21.0. The summed E-state index contributed by atoms with van der Waals surface area (Å²) in [4.78, 5) is 30.7. The summed E-state index contributed by atoms with van der Waals surface area (Å²) in [5.41, 5.74) is 2.37. The van der Waals surface area contributed by atoms with Crippen LogP contribution in [-0.2, 0) is 16.1 Å². The third-order valence-corrected chi connectivity index (χ3v) is 4.83. The lowest BCUT2D eigenvalue weighted by atomic mass is 10.0. The number of anilines is 3. The predicted molar refractivity (Wildman–Crippen MR) is 135 cm³/mol. The van der Waals surface area contributed by atoms with Crippen LogP contribution >= 0.6 is 0 Å². The molecule has 1 aromatic heterocycles. The average molecular weight is 536 g/mol. The smallest absolute Gasteiger partial charge is 0.475 e. The van der Waals surface area contributed by atoms with Gasteiger partial charge in [-0.1, -0.05) is 44.2 Å². The molecule has 12 heteroatoms. The highest BCUT2D eigenvalue weighted by atomic mass is 19.4. The Morgan fingerprint density at radius 1 is 1.00 bits per heavy atom. The quantitative estimate of drug-likeness (QED) is 0.270. The number of alkyl halides is 3. The minimum absolute atomic E-state index is 0.160. The van der Waals surface area contributed by atoms with Crippen molar-refractivity contribution in [2.45, 2.75) is 46.0 Å². The van der Waals surface area contributed by atoms with Crippen LogP contribution < -0.4 is 16.0 Å². The summed E-state index contributed by atoms with van der Waals surface area (Å²) in [7, 11) is 0. The maximum absolute atomic E-state index is 13.4. The topological polar surface area (TPSA) is 116 Å². The average Bonchev–Trinajstić information content (AvgIpc) is 2.82. The molecule has 0 bridgehead atoms. The number of carbonyl (C=O) groups excluding carboxylic acids is 1. The van der Waals surface area contributed by atoms with Gasteiger partial charge in [0.1, 0.15) is 17.7 Å². The zero-order valence-corrected chi connectivity index (χ0v) is 21.0. The minimum atomic E-state index is -5.08. The van der Waals surface area contributed by atoms with Crippen molar-refractivity contribution in [1.82, 2.24) is 15.3 Å². The van der Waals surface area contributed by atoms with E-state index in [2.05, 4.69) is 39.8 Å². The van der Waals surface area contributed by atoms with Crippen LogP contribution in [0.3, 0.4) is 0 Å². The van der Waals surface area contributed by atoms with Gasteiger partial charge in [0.2, 0.25) is 11.9 Å². The molecule has 0 unspecified atom stereocenters. The van der Waals surface area contributed by atoms with Crippen molar-refractivity contribution in [1.29, 1.82) is 0 Å². The Kier molecular flexibility index (Phi) is 11.0. The number of aryl methyl sites for hydroxylation is 1. The van der Waals surface area contributed by atoms with Gasteiger partial charge in [0, 0.05) is 24.0 Å². The first-order chi connectivity index (χ1) is 17.8. The van der Waals surface area contributed by atoms with Crippen molar-refractivity contribution in [3.8, 4) is 0 Å². The van der Waals surface area contributed by atoms with E-state index >= 15 is 0 Å². The molecule has 204 valence electrons. The van der Waals surface area contributed by atoms with Crippen LogP contribution in [-0.4, -0.2) is 39.2 Å². The van der Waals surface area contributed by atoms with Gasteiger partial charge in [0.05, 0.1) is 0 Å². The SMILES string of the molecule is Cc1cc(N[C@@H](CC(C)C)C(=O)NCc2cccc(F)c2)nc(Nc2ccccc2)n1.O=C(O)C(F)(F)F. The van der Waals surface area contributed by atoms with Gasteiger partial charge in [-0.05, 0) is 49.1 Å². The number of nitrogens with one attached hydrogen (secondary N) is 3. The molecule has 0 aliphatic rings. The van der Waals surface area contributed by atoms with Gasteiger partial charge in [-0.2, -0.15) is 18.2 Å². The van der Waals surface area contributed by atoms with Crippen LogP contribution in [0.2, 0.25) is 0 Å². The summed E-state index contributed by atoms with van der Waals surface area (Å²) in [5.74, 6) is -1.92. The second-order valence-corrected chi connectivity index (χ2v) is 8.69. The summed E-state index contributed by atoms with van der Waals surface area (Å²) >= 11 is 0. The lowest BCUT2D eigenvalue weighted by Gasteiger charge is -2.21. The third kappa shape index (κ3) is 10.8. The maximum Gasteiger partial charge on any atom is 0.490 e. The summed E-state index contributed by atoms with van der Waals surface area (Å²) in [6.07, 6.45) is -4.46. The number of halogens is 4. The third-order valence-electron chi connectivity index (χ3n) is 4.83. The standard InChI is InChI=1S/C24H28FN5O.C2HF3O2/c1-16(2)12-21(23(31)26-15-18-8-7-9-19(25)14-18)29-22-13-17(3)27-24(30-22)28-20-10-5-4-6-11-20;3-2(4,5)1(6)7/h4-11,13-14,16,21H,12,15H2,1-3H3,(H,26,31)(H2,27,28,29,30);(H,6,7)/t21-;/m0./s1. The minimum Gasteiger partial charge on any atom is -0.475 e. The van der Waals surface area contributed by atoms with Crippen molar-refractivity contribution >= 4 is 29.3 Å². The van der Waals surface area contributed by atoms with E-state index in [9.17, 15) is 22.4 Å².